The molecule has 0 amide bonds. The smallest absolute Gasteiger partial charge is 0.119 e. The molecular weight excluding hydrogens is 535 g/mol. The van der Waals surface area contributed by atoms with Crippen molar-refractivity contribution >= 4 is 36.5 Å². The van der Waals surface area contributed by atoms with Gasteiger partial charge in [0.1, 0.15) is 5.75 Å². The first-order chi connectivity index (χ1) is 18.8. The Morgan fingerprint density at radius 2 is 1.36 bits per heavy atom. The summed E-state index contributed by atoms with van der Waals surface area (Å²) >= 11 is 8.25. The molecule has 3 aromatic carbocycles. The Kier molecular flexibility index (Phi) is 12.7. The minimum Gasteiger partial charge on any atom is -0.490 e. The third kappa shape index (κ3) is 8.03. The third-order valence-electron chi connectivity index (χ3n) is 7.84. The molecule has 0 fully saturated rings. The van der Waals surface area contributed by atoms with Crippen LogP contribution in [0.5, 0.6) is 5.75 Å². The maximum absolute atomic E-state index is 6.23. The molecule has 0 aliphatic rings. The standard InChI is InChI=1S/C34H47NOS3/c1-7-14-30(8-2)36-31-23-21-28(22-24-31)33(5,6)27-17-19-29(20-18-27)34(9-3,10-4)35(38-26-25-37)39-32-15-12-11-13-16-32/h11-13,15-24,30,37H,7-10,14,25-26H2,1-6H3. The number of nitrogens with zero attached hydrogens (tertiary/aromatic N) is 1. The molecular formula is C34H47NOS3. The largest absolute Gasteiger partial charge is 0.490 e. The molecule has 0 aliphatic heterocycles. The van der Waals surface area contributed by atoms with E-state index in [4.69, 9.17) is 4.74 Å². The van der Waals surface area contributed by atoms with Gasteiger partial charge < -0.3 is 4.74 Å². The van der Waals surface area contributed by atoms with Crippen LogP contribution in [0.25, 0.3) is 0 Å². The van der Waals surface area contributed by atoms with Gasteiger partial charge in [0, 0.05) is 21.8 Å². The van der Waals surface area contributed by atoms with E-state index in [0.29, 0.717) is 6.10 Å². The SMILES string of the molecule is CCCC(CC)Oc1ccc(C(C)(C)c2ccc(C(CC)(CC)N(SCCS)Sc3ccccc3)cc2)cc1. The Morgan fingerprint density at radius 3 is 1.87 bits per heavy atom. The van der Waals surface area contributed by atoms with Crippen LogP contribution in [0, 0.1) is 0 Å². The lowest BCUT2D eigenvalue weighted by Gasteiger charge is -2.42. The van der Waals surface area contributed by atoms with E-state index >= 15 is 0 Å². The van der Waals surface area contributed by atoms with Gasteiger partial charge in [-0.3, -0.25) is 0 Å². The fourth-order valence-corrected chi connectivity index (χ4v) is 7.94. The van der Waals surface area contributed by atoms with Gasteiger partial charge in [0.25, 0.3) is 0 Å². The van der Waals surface area contributed by atoms with Crippen LogP contribution in [-0.2, 0) is 11.0 Å². The molecule has 1 atom stereocenters. The minimum atomic E-state index is -0.106. The van der Waals surface area contributed by atoms with Gasteiger partial charge in [-0.2, -0.15) is 16.3 Å². The van der Waals surface area contributed by atoms with E-state index in [1.807, 2.05) is 23.9 Å². The lowest BCUT2D eigenvalue weighted by atomic mass is 9.76. The predicted molar refractivity (Wildman–Crippen MR) is 177 cm³/mol. The van der Waals surface area contributed by atoms with Crippen LogP contribution in [0.3, 0.4) is 0 Å². The Labute approximate surface area is 252 Å². The van der Waals surface area contributed by atoms with Crippen LogP contribution < -0.4 is 4.74 Å². The molecule has 5 heteroatoms. The van der Waals surface area contributed by atoms with Gasteiger partial charge in [0.05, 0.1) is 11.6 Å². The van der Waals surface area contributed by atoms with Crippen molar-refractivity contribution in [3.63, 3.8) is 0 Å². The highest BCUT2D eigenvalue weighted by molar-refractivity contribution is 8.12. The average molecular weight is 582 g/mol. The van der Waals surface area contributed by atoms with E-state index in [1.54, 1.807) is 0 Å². The van der Waals surface area contributed by atoms with Crippen molar-refractivity contribution in [3.8, 4) is 5.75 Å². The van der Waals surface area contributed by atoms with Gasteiger partial charge in [-0.25, -0.2) is 0 Å². The molecule has 0 aliphatic carbocycles. The minimum absolute atomic E-state index is 0.0793. The van der Waals surface area contributed by atoms with Crippen LogP contribution in [0.15, 0.2) is 83.8 Å². The molecule has 0 radical (unpaired) electrons. The highest BCUT2D eigenvalue weighted by Crippen LogP contribution is 2.47. The summed E-state index contributed by atoms with van der Waals surface area (Å²) in [5.74, 6) is 2.80. The summed E-state index contributed by atoms with van der Waals surface area (Å²) < 4.78 is 8.76. The van der Waals surface area contributed by atoms with E-state index < -0.39 is 0 Å². The van der Waals surface area contributed by atoms with Gasteiger partial charge in [-0.05, 0) is 78.6 Å². The van der Waals surface area contributed by atoms with Crippen molar-refractivity contribution in [1.29, 1.82) is 0 Å². The topological polar surface area (TPSA) is 12.5 Å². The number of ether oxygens (including phenoxy) is 1. The lowest BCUT2D eigenvalue weighted by molar-refractivity contribution is 0.185. The maximum atomic E-state index is 6.23. The second-order valence-corrected chi connectivity index (χ2v) is 13.3. The Hall–Kier alpha value is -1.53. The summed E-state index contributed by atoms with van der Waals surface area (Å²) in [6, 6.07) is 28.8. The molecule has 3 rings (SSSR count). The summed E-state index contributed by atoms with van der Waals surface area (Å²) in [4.78, 5) is 1.26. The van der Waals surface area contributed by atoms with Gasteiger partial charge in [-0.15, -0.1) is 0 Å². The second kappa shape index (κ2) is 15.5. The van der Waals surface area contributed by atoms with Crippen LogP contribution in [-0.4, -0.2) is 21.3 Å². The van der Waals surface area contributed by atoms with Crippen molar-refractivity contribution in [2.75, 3.05) is 11.5 Å². The number of benzene rings is 3. The molecule has 0 heterocycles. The summed E-state index contributed by atoms with van der Waals surface area (Å²) in [5, 5.41) is 0. The molecule has 2 nitrogen and oxygen atoms in total. The molecule has 0 bridgehead atoms. The summed E-state index contributed by atoms with van der Waals surface area (Å²) in [5.41, 5.74) is 3.81. The molecule has 39 heavy (non-hydrogen) atoms. The monoisotopic (exact) mass is 581 g/mol. The van der Waals surface area contributed by atoms with Gasteiger partial charge >= 0.3 is 0 Å². The van der Waals surface area contributed by atoms with Crippen molar-refractivity contribution in [2.45, 2.75) is 95.6 Å². The fraction of sp³-hybridized carbons (Fsp3) is 0.471. The Morgan fingerprint density at radius 1 is 0.795 bits per heavy atom. The first kappa shape index (κ1) is 32.0. The molecule has 0 saturated heterocycles. The molecule has 0 spiro atoms. The predicted octanol–water partition coefficient (Wildman–Crippen LogP) is 10.6. The normalized spacial score (nSPS) is 13.0. The maximum Gasteiger partial charge on any atom is 0.119 e. The molecule has 212 valence electrons. The average Bonchev–Trinajstić information content (AvgIpc) is 2.97. The summed E-state index contributed by atoms with van der Waals surface area (Å²) in [6.45, 7) is 13.7. The van der Waals surface area contributed by atoms with Crippen molar-refractivity contribution in [2.24, 2.45) is 0 Å². The first-order valence-corrected chi connectivity index (χ1v) is 16.8. The van der Waals surface area contributed by atoms with Crippen molar-refractivity contribution in [3.05, 3.63) is 95.6 Å². The number of thiol groups is 1. The highest BCUT2D eigenvalue weighted by atomic mass is 32.2. The fourth-order valence-electron chi connectivity index (χ4n) is 5.13. The molecule has 3 aromatic rings. The van der Waals surface area contributed by atoms with Crippen molar-refractivity contribution < 1.29 is 4.74 Å². The van der Waals surface area contributed by atoms with E-state index in [9.17, 15) is 0 Å². The van der Waals surface area contributed by atoms with Crippen LogP contribution in [0.2, 0.25) is 0 Å². The zero-order chi connectivity index (χ0) is 28.3. The Bertz CT molecular complexity index is 1100. The highest BCUT2D eigenvalue weighted by Gasteiger charge is 2.37. The second-order valence-electron chi connectivity index (χ2n) is 10.6. The van der Waals surface area contributed by atoms with E-state index in [0.717, 1.165) is 49.4 Å². The van der Waals surface area contributed by atoms with E-state index in [1.165, 1.54) is 21.6 Å². The molecule has 0 N–H and O–H groups in total. The molecule has 1 unspecified atom stereocenters. The van der Waals surface area contributed by atoms with Crippen LogP contribution in [0.1, 0.15) is 90.3 Å². The lowest BCUT2D eigenvalue weighted by Crippen LogP contribution is -2.37. The zero-order valence-corrected chi connectivity index (χ0v) is 27.2. The van der Waals surface area contributed by atoms with E-state index in [-0.39, 0.29) is 11.0 Å². The Balaban J connectivity index is 1.86. The van der Waals surface area contributed by atoms with Crippen LogP contribution in [0.4, 0.5) is 0 Å². The van der Waals surface area contributed by atoms with E-state index in [2.05, 4.69) is 137 Å². The van der Waals surface area contributed by atoms with Crippen molar-refractivity contribution in [1.82, 2.24) is 3.71 Å². The summed E-state index contributed by atoms with van der Waals surface area (Å²) in [7, 11) is 0. The van der Waals surface area contributed by atoms with Gasteiger partial charge in [0.15, 0.2) is 0 Å². The third-order valence-corrected chi connectivity index (χ3v) is 10.9. The van der Waals surface area contributed by atoms with Crippen LogP contribution >= 0.6 is 36.5 Å². The quantitative estimate of drug-likeness (QED) is 0.133. The molecule has 0 saturated carbocycles. The number of hydrogen-bond donors (Lipinski definition) is 1. The number of rotatable bonds is 16. The first-order valence-electron chi connectivity index (χ1n) is 14.5. The van der Waals surface area contributed by atoms with Gasteiger partial charge in [0.2, 0.25) is 0 Å². The van der Waals surface area contributed by atoms with Gasteiger partial charge in [-0.1, -0.05) is 115 Å². The molecule has 0 aromatic heterocycles. The summed E-state index contributed by atoms with van der Waals surface area (Å²) in [6.07, 6.45) is 5.64. The number of hydrogen-bond acceptors (Lipinski definition) is 5. The zero-order valence-electron chi connectivity index (χ0n) is 24.7.